The van der Waals surface area contributed by atoms with Crippen molar-refractivity contribution < 1.29 is 23.8 Å². The number of nitrogens with two attached hydrogens (primary N) is 2. The lowest BCUT2D eigenvalue weighted by molar-refractivity contribution is -0.136. The van der Waals surface area contributed by atoms with E-state index in [0.29, 0.717) is 22.8 Å². The minimum atomic E-state index is -0.620. The van der Waals surface area contributed by atoms with E-state index in [2.05, 4.69) is 41.6 Å². The standard InChI is InChI=1S/C40H47N17O5/c1-39(2,3)28-26(48-50-32-24(34(58)60-7)20-43-54(32)22-16-12-10-13-17-22)30(41)56(52-28)36-45-37(47-38(46-36)62-9)57-31(42)27(29(53-57)40(4,5)6)49-51-33-25(35(59)61-8)21-44-55(33)23-18-14-11-15-19-23/h10-20,44,48,50H,21,41-42H2,1-9H3/b51-49+. The normalized spacial score (nSPS) is 13.2. The minimum absolute atomic E-state index is 0.0297. The number of nitrogens with zero attached hydrogens (tertiary/aromatic N) is 12. The molecule has 0 unspecified atom stereocenters. The number of azo groups is 1. The first kappa shape index (κ1) is 42.3. The molecular weight excluding hydrogens is 799 g/mol. The van der Waals surface area contributed by atoms with E-state index in [0.717, 1.165) is 5.69 Å². The lowest BCUT2D eigenvalue weighted by Crippen LogP contribution is -2.31. The van der Waals surface area contributed by atoms with Gasteiger partial charge in [0.25, 0.3) is 11.9 Å². The number of benzene rings is 2. The highest BCUT2D eigenvalue weighted by atomic mass is 16.5. The van der Waals surface area contributed by atoms with Gasteiger partial charge in [0, 0.05) is 10.8 Å². The molecule has 7 N–H and O–H groups in total. The highest BCUT2D eigenvalue weighted by Gasteiger charge is 2.33. The Balaban J connectivity index is 1.30. The summed E-state index contributed by atoms with van der Waals surface area (Å²) in [5, 5.41) is 24.9. The molecule has 0 atom stereocenters. The summed E-state index contributed by atoms with van der Waals surface area (Å²) in [7, 11) is 3.98. The van der Waals surface area contributed by atoms with Gasteiger partial charge in [-0.05, 0) is 24.3 Å². The number of hydrogen-bond donors (Lipinski definition) is 5. The van der Waals surface area contributed by atoms with Gasteiger partial charge in [-0.3, -0.25) is 15.9 Å². The van der Waals surface area contributed by atoms with E-state index in [1.54, 1.807) is 9.69 Å². The predicted molar refractivity (Wildman–Crippen MR) is 229 cm³/mol. The number of nitrogens with one attached hydrogen (secondary N) is 3. The van der Waals surface area contributed by atoms with Crippen LogP contribution in [0.2, 0.25) is 0 Å². The molecular formula is C40H47N17O5. The Morgan fingerprint density at radius 3 is 1.89 bits per heavy atom. The molecule has 0 spiro atoms. The van der Waals surface area contributed by atoms with Crippen LogP contribution in [0.3, 0.4) is 0 Å². The summed E-state index contributed by atoms with van der Waals surface area (Å²) < 4.78 is 19.8. The number of aromatic nitrogens is 9. The predicted octanol–water partition coefficient (Wildman–Crippen LogP) is 4.92. The summed E-state index contributed by atoms with van der Waals surface area (Å²) >= 11 is 0. The van der Waals surface area contributed by atoms with Crippen LogP contribution in [0.15, 0.2) is 88.5 Å². The number of carbonyl (C=O) groups is 2. The van der Waals surface area contributed by atoms with Gasteiger partial charge in [0.1, 0.15) is 11.3 Å². The monoisotopic (exact) mass is 845 g/mol. The fourth-order valence-electron chi connectivity index (χ4n) is 6.37. The van der Waals surface area contributed by atoms with Crippen LogP contribution >= 0.6 is 0 Å². The highest BCUT2D eigenvalue weighted by Crippen LogP contribution is 2.39. The minimum Gasteiger partial charge on any atom is -0.467 e. The van der Waals surface area contributed by atoms with Crippen molar-refractivity contribution in [3.8, 4) is 23.6 Å². The number of methoxy groups -OCH3 is 3. The molecule has 0 amide bonds. The number of esters is 2. The van der Waals surface area contributed by atoms with Crippen LogP contribution < -0.4 is 37.5 Å². The Morgan fingerprint density at radius 1 is 0.726 bits per heavy atom. The molecule has 6 aromatic rings. The fraction of sp³-hybridized carbons (Fsp3) is 0.300. The number of para-hydroxylation sites is 2. The van der Waals surface area contributed by atoms with E-state index >= 15 is 0 Å². The molecule has 1 aliphatic rings. The van der Waals surface area contributed by atoms with Crippen molar-refractivity contribution in [1.82, 2.24) is 49.7 Å². The maximum Gasteiger partial charge on any atom is 0.343 e. The smallest absolute Gasteiger partial charge is 0.343 e. The van der Waals surface area contributed by atoms with Gasteiger partial charge in [-0.25, -0.2) is 19.7 Å². The van der Waals surface area contributed by atoms with E-state index in [4.69, 9.17) is 40.9 Å². The van der Waals surface area contributed by atoms with Crippen LogP contribution in [0.4, 0.5) is 34.5 Å². The first-order valence-electron chi connectivity index (χ1n) is 19.2. The van der Waals surface area contributed by atoms with Gasteiger partial charge in [0.05, 0.1) is 62.4 Å². The van der Waals surface area contributed by atoms with Crippen LogP contribution in [-0.2, 0) is 25.1 Å². The lowest BCUT2D eigenvalue weighted by Gasteiger charge is -2.19. The second-order valence-electron chi connectivity index (χ2n) is 15.8. The van der Waals surface area contributed by atoms with Gasteiger partial charge >= 0.3 is 17.9 Å². The molecule has 62 heavy (non-hydrogen) atoms. The summed E-state index contributed by atoms with van der Waals surface area (Å²) in [6.07, 6.45) is 1.40. The SMILES string of the molecule is COC(=O)C1=C(/N=N/c2c(C(C)(C)C)nn(-c3nc(OC)nc(-n4nc(C(C)(C)C)c(NNc5c(C(=O)OC)cnn5-c5ccccc5)c4N)n3)c2N)N(c2ccccc2)NC1. The summed E-state index contributed by atoms with van der Waals surface area (Å²) in [6.45, 7) is 11.8. The van der Waals surface area contributed by atoms with Gasteiger partial charge in [0.15, 0.2) is 29.0 Å². The van der Waals surface area contributed by atoms with Crippen LogP contribution in [0.5, 0.6) is 6.01 Å². The summed E-state index contributed by atoms with van der Waals surface area (Å²) in [5.74, 6) is -0.639. The average Bonchev–Trinajstić information content (AvgIpc) is 4.04. The summed E-state index contributed by atoms with van der Waals surface area (Å²) in [6, 6.07) is 18.5. The Morgan fingerprint density at radius 2 is 1.31 bits per heavy atom. The number of hydrogen-bond acceptors (Lipinski definition) is 19. The fourth-order valence-corrected chi connectivity index (χ4v) is 6.37. The largest absolute Gasteiger partial charge is 0.467 e. The molecule has 5 heterocycles. The summed E-state index contributed by atoms with van der Waals surface area (Å²) in [4.78, 5) is 39.4. The Bertz CT molecular complexity index is 2690. The maximum absolute atomic E-state index is 12.8. The highest BCUT2D eigenvalue weighted by molar-refractivity contribution is 5.95. The Hall–Kier alpha value is -7.88. The zero-order valence-corrected chi connectivity index (χ0v) is 35.6. The molecule has 0 aliphatic carbocycles. The maximum atomic E-state index is 12.8. The molecule has 7 rings (SSSR count). The molecule has 0 fully saturated rings. The molecule has 0 saturated carbocycles. The second-order valence-corrected chi connectivity index (χ2v) is 15.8. The van der Waals surface area contributed by atoms with Crippen LogP contribution in [0.1, 0.15) is 63.3 Å². The van der Waals surface area contributed by atoms with E-state index in [-0.39, 0.29) is 64.6 Å². The molecule has 22 nitrogen and oxygen atoms in total. The van der Waals surface area contributed by atoms with Crippen LogP contribution in [0, 0.1) is 0 Å². The van der Waals surface area contributed by atoms with Crippen molar-refractivity contribution >= 4 is 46.5 Å². The number of rotatable bonds is 12. The molecule has 1 aliphatic heterocycles. The van der Waals surface area contributed by atoms with Crippen LogP contribution in [0.25, 0.3) is 17.6 Å². The molecule has 0 bridgehead atoms. The van der Waals surface area contributed by atoms with Crippen molar-refractivity contribution in [3.63, 3.8) is 0 Å². The molecule has 0 radical (unpaired) electrons. The van der Waals surface area contributed by atoms with Crippen molar-refractivity contribution in [2.24, 2.45) is 10.2 Å². The zero-order chi connectivity index (χ0) is 44.5. The van der Waals surface area contributed by atoms with Gasteiger partial charge in [-0.1, -0.05) is 77.9 Å². The molecule has 322 valence electrons. The third kappa shape index (κ3) is 8.04. The number of ether oxygens (including phenoxy) is 3. The van der Waals surface area contributed by atoms with Crippen molar-refractivity contribution in [1.29, 1.82) is 0 Å². The number of nitrogen functional groups attached to an aromatic ring is 2. The number of carbonyl (C=O) groups excluding carboxylic acids is 2. The van der Waals surface area contributed by atoms with Gasteiger partial charge in [-0.2, -0.15) is 39.6 Å². The molecule has 4 aromatic heterocycles. The third-order valence-corrected chi connectivity index (χ3v) is 9.46. The second kappa shape index (κ2) is 16.6. The number of hydrazine groups is 2. The molecule has 0 saturated heterocycles. The van der Waals surface area contributed by atoms with Gasteiger partial charge in [0.2, 0.25) is 0 Å². The lowest BCUT2D eigenvalue weighted by atomic mass is 9.91. The Kier molecular flexibility index (Phi) is 11.3. The van der Waals surface area contributed by atoms with Crippen LogP contribution in [-0.4, -0.2) is 84.1 Å². The van der Waals surface area contributed by atoms with E-state index in [9.17, 15) is 9.59 Å². The molecule has 2 aromatic carbocycles. The first-order valence-corrected chi connectivity index (χ1v) is 19.2. The van der Waals surface area contributed by atoms with Crippen molar-refractivity contribution in [3.05, 3.63) is 95.2 Å². The third-order valence-electron chi connectivity index (χ3n) is 9.46. The quantitative estimate of drug-likeness (QED) is 0.0621. The topological polar surface area (TPSA) is 270 Å². The number of anilines is 5. The molecule has 22 heteroatoms. The zero-order valence-electron chi connectivity index (χ0n) is 35.6. The average molecular weight is 846 g/mol. The van der Waals surface area contributed by atoms with E-state index in [1.165, 1.54) is 36.9 Å². The van der Waals surface area contributed by atoms with Crippen molar-refractivity contribution in [2.45, 2.75) is 52.4 Å². The van der Waals surface area contributed by atoms with E-state index < -0.39 is 22.8 Å². The first-order chi connectivity index (χ1) is 29.5. The summed E-state index contributed by atoms with van der Waals surface area (Å²) in [5.41, 5.74) is 25.3. The van der Waals surface area contributed by atoms with Gasteiger partial charge < -0.3 is 25.7 Å². The van der Waals surface area contributed by atoms with Crippen molar-refractivity contribution in [2.75, 3.05) is 55.2 Å². The Labute approximate surface area is 355 Å². The van der Waals surface area contributed by atoms with E-state index in [1.807, 2.05) is 102 Å². The van der Waals surface area contributed by atoms with Gasteiger partial charge in [-0.15, -0.1) is 10.2 Å².